The Balaban J connectivity index is 1.77. The van der Waals surface area contributed by atoms with Gasteiger partial charge in [0, 0.05) is 19.1 Å². The molecule has 1 N–H and O–H groups in total. The Kier molecular flexibility index (Phi) is 4.72. The topological polar surface area (TPSA) is 41.9 Å². The molecule has 0 bridgehead atoms. The number of ether oxygens (including phenoxy) is 2. The van der Waals surface area contributed by atoms with Crippen LogP contribution < -0.4 is 4.74 Å². The molecule has 1 aliphatic heterocycles. The smallest absolute Gasteiger partial charge is 0.172 e. The standard InChI is InChI=1S/C16H22BrNO3/c1-2-20-15-9-11(8-12(17)16(15)19)10-18-6-7-21-14-5-3-4-13(14)18/h8-9,13-14,19H,2-7,10H2,1H3. The quantitative estimate of drug-likeness (QED) is 0.899. The second-order valence-corrected chi connectivity index (χ2v) is 6.59. The van der Waals surface area contributed by atoms with Crippen LogP contribution in [0.15, 0.2) is 16.6 Å². The lowest BCUT2D eigenvalue weighted by atomic mass is 10.1. The zero-order chi connectivity index (χ0) is 14.8. The van der Waals surface area contributed by atoms with E-state index in [9.17, 15) is 5.11 Å². The molecule has 1 aromatic rings. The predicted octanol–water partition coefficient (Wildman–Crippen LogP) is 3.31. The monoisotopic (exact) mass is 355 g/mol. The molecule has 21 heavy (non-hydrogen) atoms. The van der Waals surface area contributed by atoms with Crippen molar-refractivity contribution < 1.29 is 14.6 Å². The molecule has 116 valence electrons. The van der Waals surface area contributed by atoms with E-state index in [1.807, 2.05) is 19.1 Å². The SMILES string of the molecule is CCOc1cc(CN2CCOC3CCCC32)cc(Br)c1O. The third-order valence-corrected chi connectivity index (χ3v) is 4.98. The maximum atomic E-state index is 10.0. The molecular weight excluding hydrogens is 334 g/mol. The van der Waals surface area contributed by atoms with Crippen molar-refractivity contribution in [2.24, 2.45) is 0 Å². The molecule has 0 amide bonds. The van der Waals surface area contributed by atoms with Gasteiger partial charge in [0.1, 0.15) is 0 Å². The van der Waals surface area contributed by atoms with E-state index in [1.54, 1.807) is 0 Å². The van der Waals surface area contributed by atoms with Crippen LogP contribution in [0.25, 0.3) is 0 Å². The molecule has 2 fully saturated rings. The molecule has 1 aromatic carbocycles. The fourth-order valence-electron chi connectivity index (χ4n) is 3.42. The van der Waals surface area contributed by atoms with Crippen molar-refractivity contribution in [2.45, 2.75) is 44.9 Å². The van der Waals surface area contributed by atoms with E-state index in [4.69, 9.17) is 9.47 Å². The molecule has 2 aliphatic rings. The molecular formula is C16H22BrNO3. The minimum absolute atomic E-state index is 0.182. The minimum Gasteiger partial charge on any atom is -0.503 e. The van der Waals surface area contributed by atoms with Gasteiger partial charge in [-0.1, -0.05) is 0 Å². The largest absolute Gasteiger partial charge is 0.503 e. The summed E-state index contributed by atoms with van der Waals surface area (Å²) in [6.07, 6.45) is 4.08. The normalized spacial score (nSPS) is 25.8. The summed E-state index contributed by atoms with van der Waals surface area (Å²) in [5.41, 5.74) is 1.16. The highest BCUT2D eigenvalue weighted by Gasteiger charge is 2.35. The highest BCUT2D eigenvalue weighted by Crippen LogP contribution is 2.37. The van der Waals surface area contributed by atoms with Gasteiger partial charge in [0.25, 0.3) is 0 Å². The van der Waals surface area contributed by atoms with Crippen LogP contribution >= 0.6 is 15.9 Å². The van der Waals surface area contributed by atoms with Crippen LogP contribution in [0.1, 0.15) is 31.7 Å². The summed E-state index contributed by atoms with van der Waals surface area (Å²) < 4.78 is 12.1. The predicted molar refractivity (Wildman–Crippen MR) is 84.8 cm³/mol. The van der Waals surface area contributed by atoms with Gasteiger partial charge < -0.3 is 14.6 Å². The molecule has 2 atom stereocenters. The summed E-state index contributed by atoms with van der Waals surface area (Å²) in [6.45, 7) is 5.14. The van der Waals surface area contributed by atoms with Crippen LogP contribution in [0, 0.1) is 0 Å². The third-order valence-electron chi connectivity index (χ3n) is 4.37. The fourth-order valence-corrected chi connectivity index (χ4v) is 3.91. The Morgan fingerprint density at radius 2 is 2.29 bits per heavy atom. The molecule has 1 saturated carbocycles. The molecule has 1 aliphatic carbocycles. The first kappa shape index (κ1) is 15.1. The van der Waals surface area contributed by atoms with Crippen molar-refractivity contribution in [3.8, 4) is 11.5 Å². The summed E-state index contributed by atoms with van der Waals surface area (Å²) in [5, 5.41) is 10.0. The van der Waals surface area contributed by atoms with E-state index in [0.29, 0.717) is 29.0 Å². The lowest BCUT2D eigenvalue weighted by Gasteiger charge is -2.37. The fraction of sp³-hybridized carbons (Fsp3) is 0.625. The van der Waals surface area contributed by atoms with E-state index in [1.165, 1.54) is 19.3 Å². The van der Waals surface area contributed by atoms with E-state index < -0.39 is 0 Å². The molecule has 4 nitrogen and oxygen atoms in total. The number of nitrogens with zero attached hydrogens (tertiary/aromatic N) is 1. The Labute approximate surface area is 134 Å². The average Bonchev–Trinajstić information content (AvgIpc) is 2.94. The zero-order valence-corrected chi connectivity index (χ0v) is 13.9. The summed E-state index contributed by atoms with van der Waals surface area (Å²) in [5.74, 6) is 0.736. The number of hydrogen-bond acceptors (Lipinski definition) is 4. The molecule has 0 spiro atoms. The van der Waals surface area contributed by atoms with Gasteiger partial charge in [-0.2, -0.15) is 0 Å². The summed E-state index contributed by atoms with van der Waals surface area (Å²) in [7, 11) is 0. The second-order valence-electron chi connectivity index (χ2n) is 5.74. The maximum Gasteiger partial charge on any atom is 0.172 e. The highest BCUT2D eigenvalue weighted by molar-refractivity contribution is 9.10. The van der Waals surface area contributed by atoms with Crippen LogP contribution in [-0.4, -0.2) is 41.9 Å². The van der Waals surface area contributed by atoms with Crippen molar-refractivity contribution in [2.75, 3.05) is 19.8 Å². The van der Waals surface area contributed by atoms with Crippen molar-refractivity contribution in [1.29, 1.82) is 0 Å². The third kappa shape index (κ3) is 3.20. The summed E-state index contributed by atoms with van der Waals surface area (Å²) in [6, 6.07) is 4.47. The number of phenolic OH excluding ortho intramolecular Hbond substituents is 1. The van der Waals surface area contributed by atoms with E-state index in [0.717, 1.165) is 25.3 Å². The average molecular weight is 356 g/mol. The molecule has 2 unspecified atom stereocenters. The number of benzene rings is 1. The van der Waals surface area contributed by atoms with E-state index in [-0.39, 0.29) is 5.75 Å². The first-order valence-electron chi connectivity index (χ1n) is 7.69. The number of morpholine rings is 1. The highest BCUT2D eigenvalue weighted by atomic mass is 79.9. The van der Waals surface area contributed by atoms with Crippen LogP contribution in [-0.2, 0) is 11.3 Å². The van der Waals surface area contributed by atoms with Gasteiger partial charge in [0.2, 0.25) is 0 Å². The Morgan fingerprint density at radius 1 is 1.43 bits per heavy atom. The first-order valence-corrected chi connectivity index (χ1v) is 8.48. The second kappa shape index (κ2) is 6.55. The van der Waals surface area contributed by atoms with Gasteiger partial charge >= 0.3 is 0 Å². The molecule has 0 radical (unpaired) electrons. The van der Waals surface area contributed by atoms with Crippen molar-refractivity contribution in [3.05, 3.63) is 22.2 Å². The number of hydrogen-bond donors (Lipinski definition) is 1. The number of aromatic hydroxyl groups is 1. The van der Waals surface area contributed by atoms with Crippen LogP contribution in [0.3, 0.4) is 0 Å². The first-order chi connectivity index (χ1) is 10.2. The van der Waals surface area contributed by atoms with Gasteiger partial charge in [-0.25, -0.2) is 0 Å². The molecule has 0 aromatic heterocycles. The summed E-state index contributed by atoms with van der Waals surface area (Å²) >= 11 is 3.41. The molecule has 5 heteroatoms. The Hall–Kier alpha value is -0.780. The number of fused-ring (bicyclic) bond motifs is 1. The van der Waals surface area contributed by atoms with Gasteiger partial charge in [0.15, 0.2) is 11.5 Å². The van der Waals surface area contributed by atoms with Gasteiger partial charge in [-0.05, 0) is 59.8 Å². The Bertz CT molecular complexity index is 509. The van der Waals surface area contributed by atoms with Gasteiger partial charge in [0.05, 0.1) is 23.8 Å². The molecule has 1 heterocycles. The van der Waals surface area contributed by atoms with Crippen molar-refractivity contribution in [3.63, 3.8) is 0 Å². The number of phenols is 1. The Morgan fingerprint density at radius 3 is 3.10 bits per heavy atom. The molecule has 1 saturated heterocycles. The molecule has 3 rings (SSSR count). The summed E-state index contributed by atoms with van der Waals surface area (Å²) in [4.78, 5) is 2.51. The van der Waals surface area contributed by atoms with E-state index in [2.05, 4.69) is 20.8 Å². The van der Waals surface area contributed by atoms with Gasteiger partial charge in [-0.3, -0.25) is 4.90 Å². The van der Waals surface area contributed by atoms with Crippen molar-refractivity contribution in [1.82, 2.24) is 4.90 Å². The van der Waals surface area contributed by atoms with Crippen LogP contribution in [0.5, 0.6) is 11.5 Å². The lowest BCUT2D eigenvalue weighted by Crippen LogP contribution is -2.47. The number of halogens is 1. The number of rotatable bonds is 4. The van der Waals surface area contributed by atoms with Crippen LogP contribution in [0.2, 0.25) is 0 Å². The van der Waals surface area contributed by atoms with Gasteiger partial charge in [-0.15, -0.1) is 0 Å². The minimum atomic E-state index is 0.182. The van der Waals surface area contributed by atoms with E-state index >= 15 is 0 Å². The van der Waals surface area contributed by atoms with Crippen LogP contribution in [0.4, 0.5) is 0 Å². The zero-order valence-electron chi connectivity index (χ0n) is 12.3. The van der Waals surface area contributed by atoms with Crippen molar-refractivity contribution >= 4 is 15.9 Å². The lowest BCUT2D eigenvalue weighted by molar-refractivity contribution is -0.0588. The maximum absolute atomic E-state index is 10.0.